The lowest BCUT2D eigenvalue weighted by molar-refractivity contribution is 0.206. The third kappa shape index (κ3) is 4.67. The Hall–Kier alpha value is -2.15. The summed E-state index contributed by atoms with van der Waals surface area (Å²) in [6.45, 7) is 0.504. The van der Waals surface area contributed by atoms with Crippen molar-refractivity contribution in [2.75, 3.05) is 5.32 Å². The predicted octanol–water partition coefficient (Wildman–Crippen LogP) is 4.59. The number of pyridine rings is 1. The molecule has 0 bridgehead atoms. The quantitative estimate of drug-likeness (QED) is 0.776. The minimum atomic E-state index is -2.45. The Morgan fingerprint density at radius 1 is 1.29 bits per heavy atom. The van der Waals surface area contributed by atoms with Crippen molar-refractivity contribution in [2.45, 2.75) is 36.1 Å². The fourth-order valence-corrected chi connectivity index (χ4v) is 2.86. The third-order valence-electron chi connectivity index (χ3n) is 3.65. The molecule has 0 saturated heterocycles. The molecule has 1 aromatic heterocycles. The van der Waals surface area contributed by atoms with Gasteiger partial charge in [-0.1, -0.05) is 17.8 Å². The molecular formula is C17H17F2N3OS. The third-order valence-corrected chi connectivity index (χ3v) is 4.38. The van der Waals surface area contributed by atoms with Gasteiger partial charge in [0.25, 0.3) is 5.76 Å². The summed E-state index contributed by atoms with van der Waals surface area (Å²) in [6, 6.07) is 10.3. The molecule has 2 aromatic rings. The lowest BCUT2D eigenvalue weighted by atomic mass is 10.2. The number of hydrogen-bond acceptors (Lipinski definition) is 3. The average molecular weight is 349 g/mol. The fourth-order valence-electron chi connectivity index (χ4n) is 2.36. The number of nitrogens with one attached hydrogen (secondary N) is 1. The van der Waals surface area contributed by atoms with E-state index in [0.29, 0.717) is 28.9 Å². The summed E-state index contributed by atoms with van der Waals surface area (Å²) in [6.07, 6.45) is 5.44. The van der Waals surface area contributed by atoms with E-state index in [-0.39, 0.29) is 12.1 Å². The zero-order chi connectivity index (χ0) is 16.9. The topological polar surface area (TPSA) is 45.2 Å². The highest BCUT2D eigenvalue weighted by atomic mass is 32.2. The second-order valence-corrected chi connectivity index (χ2v) is 6.62. The molecule has 2 amide bonds. The fraction of sp³-hybridized carbons (Fsp3) is 0.294. The van der Waals surface area contributed by atoms with Gasteiger partial charge >= 0.3 is 6.03 Å². The van der Waals surface area contributed by atoms with Gasteiger partial charge < -0.3 is 10.2 Å². The molecule has 7 heteroatoms. The van der Waals surface area contributed by atoms with Crippen LogP contribution in [0.4, 0.5) is 19.3 Å². The number of aromatic nitrogens is 1. The van der Waals surface area contributed by atoms with Crippen molar-refractivity contribution >= 4 is 23.5 Å². The maximum Gasteiger partial charge on any atom is 0.322 e. The maximum absolute atomic E-state index is 12.5. The number of urea groups is 1. The Morgan fingerprint density at radius 2 is 2.04 bits per heavy atom. The number of nitrogens with zero attached hydrogens (tertiary/aromatic N) is 2. The van der Waals surface area contributed by atoms with E-state index >= 15 is 0 Å². The van der Waals surface area contributed by atoms with E-state index in [9.17, 15) is 13.6 Å². The van der Waals surface area contributed by atoms with Crippen LogP contribution in [-0.4, -0.2) is 27.7 Å². The van der Waals surface area contributed by atoms with Crippen molar-refractivity contribution in [3.05, 3.63) is 54.4 Å². The molecule has 3 rings (SSSR count). The lowest BCUT2D eigenvalue weighted by Crippen LogP contribution is -2.36. The van der Waals surface area contributed by atoms with Gasteiger partial charge in [-0.2, -0.15) is 8.78 Å². The van der Waals surface area contributed by atoms with Crippen molar-refractivity contribution in [3.8, 4) is 0 Å². The number of carbonyl (C=O) groups excluding carboxylic acids is 1. The van der Waals surface area contributed by atoms with E-state index in [4.69, 9.17) is 0 Å². The highest BCUT2D eigenvalue weighted by Crippen LogP contribution is 2.30. The molecular weight excluding hydrogens is 332 g/mol. The van der Waals surface area contributed by atoms with Crippen LogP contribution in [0, 0.1) is 0 Å². The van der Waals surface area contributed by atoms with Gasteiger partial charge in [-0.3, -0.25) is 4.98 Å². The highest BCUT2D eigenvalue weighted by Gasteiger charge is 2.32. The van der Waals surface area contributed by atoms with E-state index in [0.717, 1.165) is 18.4 Å². The van der Waals surface area contributed by atoms with E-state index in [2.05, 4.69) is 10.3 Å². The normalized spacial score (nSPS) is 13.8. The van der Waals surface area contributed by atoms with E-state index in [1.165, 1.54) is 0 Å². The van der Waals surface area contributed by atoms with Gasteiger partial charge in [0.2, 0.25) is 0 Å². The van der Waals surface area contributed by atoms with Crippen molar-refractivity contribution in [2.24, 2.45) is 0 Å². The number of carbonyl (C=O) groups is 1. The first-order valence-electron chi connectivity index (χ1n) is 7.63. The Morgan fingerprint density at radius 3 is 2.62 bits per heavy atom. The summed E-state index contributed by atoms with van der Waals surface area (Å²) in [4.78, 5) is 18.9. The van der Waals surface area contributed by atoms with Crippen molar-refractivity contribution in [1.29, 1.82) is 0 Å². The minimum Gasteiger partial charge on any atom is -0.317 e. The van der Waals surface area contributed by atoms with Gasteiger partial charge in [0.05, 0.1) is 0 Å². The van der Waals surface area contributed by atoms with Gasteiger partial charge in [-0.05, 0) is 48.7 Å². The van der Waals surface area contributed by atoms with Crippen LogP contribution < -0.4 is 5.32 Å². The van der Waals surface area contributed by atoms with E-state index in [1.54, 1.807) is 41.6 Å². The zero-order valence-corrected chi connectivity index (χ0v) is 13.7. The second-order valence-electron chi connectivity index (χ2n) is 5.55. The van der Waals surface area contributed by atoms with Gasteiger partial charge in [-0.15, -0.1) is 0 Å². The first-order valence-corrected chi connectivity index (χ1v) is 8.51. The van der Waals surface area contributed by atoms with Gasteiger partial charge in [0, 0.05) is 35.6 Å². The number of alkyl halides is 2. The Balaban J connectivity index is 1.63. The molecule has 1 aliphatic carbocycles. The molecule has 126 valence electrons. The molecule has 1 aromatic carbocycles. The van der Waals surface area contributed by atoms with E-state index in [1.807, 2.05) is 12.1 Å². The first-order chi connectivity index (χ1) is 11.6. The summed E-state index contributed by atoms with van der Waals surface area (Å²) in [7, 11) is 0. The van der Waals surface area contributed by atoms with Gasteiger partial charge in [-0.25, -0.2) is 4.79 Å². The number of rotatable bonds is 6. The first kappa shape index (κ1) is 16.7. The number of benzene rings is 1. The van der Waals surface area contributed by atoms with Crippen LogP contribution in [0.1, 0.15) is 18.4 Å². The summed E-state index contributed by atoms with van der Waals surface area (Å²) in [5, 5.41) is 2.83. The highest BCUT2D eigenvalue weighted by molar-refractivity contribution is 7.99. The molecule has 0 aliphatic heterocycles. The largest absolute Gasteiger partial charge is 0.322 e. The molecule has 1 saturated carbocycles. The van der Waals surface area contributed by atoms with Crippen LogP contribution in [0.25, 0.3) is 0 Å². The average Bonchev–Trinajstić information content (AvgIpc) is 3.40. The van der Waals surface area contributed by atoms with Crippen LogP contribution in [0.15, 0.2) is 53.7 Å². The molecule has 1 N–H and O–H groups in total. The molecule has 4 nitrogen and oxygen atoms in total. The van der Waals surface area contributed by atoms with Crippen molar-refractivity contribution in [1.82, 2.24) is 9.88 Å². The Labute approximate surface area is 143 Å². The molecule has 1 fully saturated rings. The zero-order valence-electron chi connectivity index (χ0n) is 12.9. The smallest absolute Gasteiger partial charge is 0.317 e. The van der Waals surface area contributed by atoms with Crippen LogP contribution in [0.2, 0.25) is 0 Å². The standard InChI is InChI=1S/C17H17F2N3OS/c18-16(19)24-15-7-3-13(4-8-15)21-17(23)22(14-5-6-14)11-12-2-1-9-20-10-12/h1-4,7-10,14,16H,5-6,11H2,(H,21,23). The minimum absolute atomic E-state index is 0.185. The van der Waals surface area contributed by atoms with Crippen molar-refractivity contribution in [3.63, 3.8) is 0 Å². The van der Waals surface area contributed by atoms with Gasteiger partial charge in [0.15, 0.2) is 0 Å². The van der Waals surface area contributed by atoms with E-state index < -0.39 is 5.76 Å². The monoisotopic (exact) mass is 349 g/mol. The SMILES string of the molecule is O=C(Nc1ccc(SC(F)F)cc1)N(Cc1cccnc1)C1CC1. The summed E-state index contributed by atoms with van der Waals surface area (Å²) >= 11 is 0.486. The predicted molar refractivity (Wildman–Crippen MR) is 90.1 cm³/mol. The number of thioether (sulfide) groups is 1. The van der Waals surface area contributed by atoms with Crippen LogP contribution in [0.3, 0.4) is 0 Å². The molecule has 1 aliphatic rings. The van der Waals surface area contributed by atoms with Crippen LogP contribution >= 0.6 is 11.8 Å². The lowest BCUT2D eigenvalue weighted by Gasteiger charge is -2.23. The van der Waals surface area contributed by atoms with Crippen LogP contribution in [0.5, 0.6) is 0 Å². The molecule has 1 heterocycles. The number of hydrogen-bond donors (Lipinski definition) is 1. The number of amides is 2. The summed E-state index contributed by atoms with van der Waals surface area (Å²) < 4.78 is 24.6. The summed E-state index contributed by atoms with van der Waals surface area (Å²) in [5.74, 6) is -2.45. The van der Waals surface area contributed by atoms with Gasteiger partial charge in [0.1, 0.15) is 0 Å². The van der Waals surface area contributed by atoms with Crippen molar-refractivity contribution < 1.29 is 13.6 Å². The number of halogens is 2. The Kier molecular flexibility index (Phi) is 5.30. The molecule has 0 unspecified atom stereocenters. The van der Waals surface area contributed by atoms with Crippen LogP contribution in [-0.2, 0) is 6.54 Å². The molecule has 0 spiro atoms. The molecule has 0 radical (unpaired) electrons. The second kappa shape index (κ2) is 7.61. The maximum atomic E-state index is 12.5. The Bertz CT molecular complexity index is 678. The molecule has 0 atom stereocenters. The number of anilines is 1. The molecule has 24 heavy (non-hydrogen) atoms. The summed E-state index contributed by atoms with van der Waals surface area (Å²) in [5.41, 5.74) is 1.57.